The fraction of sp³-hybridized carbons (Fsp3) is 0.591. The molecule has 2 aromatic rings. The number of rotatable bonds is 5. The van der Waals surface area contributed by atoms with Gasteiger partial charge in [-0.05, 0) is 51.0 Å². The molecule has 0 radical (unpaired) electrons. The number of aromatic nitrogens is 3. The highest BCUT2D eigenvalue weighted by Gasteiger charge is 2.35. The van der Waals surface area contributed by atoms with Crippen LogP contribution in [0.25, 0.3) is 11.4 Å². The molecule has 1 saturated carbocycles. The van der Waals surface area contributed by atoms with E-state index in [-0.39, 0.29) is 5.91 Å². The minimum absolute atomic E-state index is 0.268. The zero-order valence-corrected chi connectivity index (χ0v) is 17.7. The molecule has 2 heterocycles. The Bertz CT molecular complexity index is 832. The van der Waals surface area contributed by atoms with Crippen molar-refractivity contribution in [2.45, 2.75) is 70.1 Å². The van der Waals surface area contributed by atoms with Gasteiger partial charge in [0.1, 0.15) is 0 Å². The first-order chi connectivity index (χ1) is 13.7. The summed E-state index contributed by atoms with van der Waals surface area (Å²) < 4.78 is 2.12. The SMILES string of the molecule is CCn1c(SCC(=O)N2CCC[C@H]3CCCC[C@@H]32)nnc1-c1ccccc1C. The van der Waals surface area contributed by atoms with Crippen LogP contribution < -0.4 is 0 Å². The molecule has 2 atom stereocenters. The maximum Gasteiger partial charge on any atom is 0.233 e. The number of hydrogen-bond donors (Lipinski definition) is 0. The molecule has 1 aliphatic heterocycles. The quantitative estimate of drug-likeness (QED) is 0.694. The Balaban J connectivity index is 1.46. The standard InChI is InChI=1S/C22H30N4OS/c1-3-25-21(18-12-6-4-9-16(18)2)23-24-22(25)28-15-20(27)26-14-8-11-17-10-5-7-13-19(17)26/h4,6,9,12,17,19H,3,5,7-8,10-11,13-15H2,1-2H3/t17-,19+/m1/s1. The van der Waals surface area contributed by atoms with Gasteiger partial charge >= 0.3 is 0 Å². The summed E-state index contributed by atoms with van der Waals surface area (Å²) in [4.78, 5) is 15.2. The zero-order valence-electron chi connectivity index (χ0n) is 16.9. The number of likely N-dealkylation sites (tertiary alicyclic amines) is 1. The lowest BCUT2D eigenvalue weighted by atomic mass is 9.78. The number of carbonyl (C=O) groups is 1. The minimum Gasteiger partial charge on any atom is -0.339 e. The third-order valence-corrected chi connectivity index (χ3v) is 7.26. The molecule has 2 aliphatic rings. The summed E-state index contributed by atoms with van der Waals surface area (Å²) in [5.74, 6) is 2.34. The van der Waals surface area contributed by atoms with E-state index in [9.17, 15) is 4.79 Å². The van der Waals surface area contributed by atoms with Crippen LogP contribution in [-0.4, -0.2) is 43.9 Å². The number of carbonyl (C=O) groups excluding carboxylic acids is 1. The molecule has 2 fully saturated rings. The molecule has 1 amide bonds. The molecule has 0 N–H and O–H groups in total. The third-order valence-electron chi connectivity index (χ3n) is 6.31. The number of amides is 1. The Morgan fingerprint density at radius 1 is 1.14 bits per heavy atom. The molecule has 1 aromatic heterocycles. The van der Waals surface area contributed by atoms with Crippen molar-refractivity contribution in [1.82, 2.24) is 19.7 Å². The van der Waals surface area contributed by atoms with E-state index in [1.165, 1.54) is 49.4 Å². The van der Waals surface area contributed by atoms with Crippen molar-refractivity contribution < 1.29 is 4.79 Å². The summed E-state index contributed by atoms with van der Waals surface area (Å²) in [6.45, 7) is 5.92. The molecule has 1 aromatic carbocycles. The van der Waals surface area contributed by atoms with Crippen LogP contribution in [0.15, 0.2) is 29.4 Å². The highest BCUT2D eigenvalue weighted by molar-refractivity contribution is 7.99. The summed E-state index contributed by atoms with van der Waals surface area (Å²) >= 11 is 1.53. The van der Waals surface area contributed by atoms with Gasteiger partial charge in [0, 0.05) is 24.7 Å². The third kappa shape index (κ3) is 3.84. The van der Waals surface area contributed by atoms with Crippen LogP contribution in [0.5, 0.6) is 0 Å². The van der Waals surface area contributed by atoms with Crippen LogP contribution in [-0.2, 0) is 11.3 Å². The van der Waals surface area contributed by atoms with Crippen LogP contribution in [0.1, 0.15) is 51.0 Å². The maximum atomic E-state index is 13.0. The second-order valence-corrected chi connectivity index (χ2v) is 8.94. The van der Waals surface area contributed by atoms with Crippen molar-refractivity contribution >= 4 is 17.7 Å². The predicted molar refractivity (Wildman–Crippen MR) is 113 cm³/mol. The Hall–Kier alpha value is -1.82. The largest absolute Gasteiger partial charge is 0.339 e. The molecule has 28 heavy (non-hydrogen) atoms. The summed E-state index contributed by atoms with van der Waals surface area (Å²) in [5, 5.41) is 9.69. The summed E-state index contributed by atoms with van der Waals surface area (Å²) in [6.07, 6.45) is 7.53. The molecule has 0 unspecified atom stereocenters. The van der Waals surface area contributed by atoms with Crippen molar-refractivity contribution in [3.63, 3.8) is 0 Å². The van der Waals surface area contributed by atoms with Crippen molar-refractivity contribution in [1.29, 1.82) is 0 Å². The Morgan fingerprint density at radius 2 is 1.93 bits per heavy atom. The topological polar surface area (TPSA) is 51.0 Å². The van der Waals surface area contributed by atoms with Crippen LogP contribution in [0.2, 0.25) is 0 Å². The van der Waals surface area contributed by atoms with Crippen molar-refractivity contribution in [2.24, 2.45) is 5.92 Å². The molecular weight excluding hydrogens is 368 g/mol. The van der Waals surface area contributed by atoms with Crippen molar-refractivity contribution in [3.05, 3.63) is 29.8 Å². The Labute approximate surface area is 171 Å². The summed E-state index contributed by atoms with van der Waals surface area (Å²) in [7, 11) is 0. The fourth-order valence-electron chi connectivity index (χ4n) is 4.85. The molecule has 6 heteroatoms. The Morgan fingerprint density at radius 3 is 2.75 bits per heavy atom. The van der Waals surface area contributed by atoms with E-state index in [1.807, 2.05) is 12.1 Å². The van der Waals surface area contributed by atoms with Crippen LogP contribution in [0.3, 0.4) is 0 Å². The highest BCUT2D eigenvalue weighted by Crippen LogP contribution is 2.36. The maximum absolute atomic E-state index is 13.0. The average Bonchev–Trinajstić information content (AvgIpc) is 3.14. The van der Waals surface area contributed by atoms with E-state index in [2.05, 4.69) is 45.6 Å². The number of fused-ring (bicyclic) bond motifs is 1. The number of aryl methyl sites for hydroxylation is 1. The monoisotopic (exact) mass is 398 g/mol. The predicted octanol–water partition coefficient (Wildman–Crippen LogP) is 4.55. The lowest BCUT2D eigenvalue weighted by Crippen LogP contribution is -2.50. The molecule has 0 bridgehead atoms. The van der Waals surface area contributed by atoms with Gasteiger partial charge in [-0.2, -0.15) is 0 Å². The van der Waals surface area contributed by atoms with Crippen molar-refractivity contribution in [2.75, 3.05) is 12.3 Å². The van der Waals surface area contributed by atoms with E-state index >= 15 is 0 Å². The number of piperidine rings is 1. The molecular formula is C22H30N4OS. The molecule has 1 aliphatic carbocycles. The van der Waals surface area contributed by atoms with Crippen LogP contribution >= 0.6 is 11.8 Å². The molecule has 4 rings (SSSR count). The second-order valence-electron chi connectivity index (χ2n) is 8.00. The highest BCUT2D eigenvalue weighted by atomic mass is 32.2. The lowest BCUT2D eigenvalue weighted by Gasteiger charge is -2.44. The van der Waals surface area contributed by atoms with E-state index in [4.69, 9.17) is 0 Å². The van der Waals surface area contributed by atoms with Gasteiger partial charge in [0.05, 0.1) is 5.75 Å². The van der Waals surface area contributed by atoms with Gasteiger partial charge in [0.25, 0.3) is 0 Å². The van der Waals surface area contributed by atoms with Crippen LogP contribution in [0, 0.1) is 12.8 Å². The summed E-state index contributed by atoms with van der Waals surface area (Å²) in [5.41, 5.74) is 2.30. The van der Waals surface area contributed by atoms with E-state index in [0.29, 0.717) is 11.8 Å². The molecule has 1 saturated heterocycles. The van der Waals surface area contributed by atoms with Gasteiger partial charge in [-0.1, -0.05) is 48.9 Å². The fourth-order valence-corrected chi connectivity index (χ4v) is 5.74. The first-order valence-corrected chi connectivity index (χ1v) is 11.6. The van der Waals surface area contributed by atoms with Gasteiger partial charge in [-0.25, -0.2) is 0 Å². The second kappa shape index (κ2) is 8.68. The van der Waals surface area contributed by atoms with Gasteiger partial charge in [-0.15, -0.1) is 10.2 Å². The number of nitrogens with zero attached hydrogens (tertiary/aromatic N) is 4. The molecule has 0 spiro atoms. The average molecular weight is 399 g/mol. The summed E-state index contributed by atoms with van der Waals surface area (Å²) in [6, 6.07) is 8.72. The zero-order chi connectivity index (χ0) is 19.5. The van der Waals surface area contributed by atoms with E-state index in [1.54, 1.807) is 0 Å². The number of benzene rings is 1. The first-order valence-electron chi connectivity index (χ1n) is 10.6. The first kappa shape index (κ1) is 19.5. The van der Waals surface area contributed by atoms with Crippen molar-refractivity contribution in [3.8, 4) is 11.4 Å². The smallest absolute Gasteiger partial charge is 0.233 e. The van der Waals surface area contributed by atoms with E-state index in [0.717, 1.165) is 42.0 Å². The number of hydrogen-bond acceptors (Lipinski definition) is 4. The lowest BCUT2D eigenvalue weighted by molar-refractivity contribution is -0.134. The van der Waals surface area contributed by atoms with Gasteiger partial charge < -0.3 is 9.47 Å². The molecule has 150 valence electrons. The van der Waals surface area contributed by atoms with E-state index < -0.39 is 0 Å². The van der Waals surface area contributed by atoms with Gasteiger partial charge in [0.15, 0.2) is 11.0 Å². The number of thioether (sulfide) groups is 1. The minimum atomic E-state index is 0.268. The normalized spacial score (nSPS) is 22.1. The van der Waals surface area contributed by atoms with Gasteiger partial charge in [-0.3, -0.25) is 4.79 Å². The molecule has 5 nitrogen and oxygen atoms in total. The Kier molecular flexibility index (Phi) is 6.04. The van der Waals surface area contributed by atoms with Crippen LogP contribution in [0.4, 0.5) is 0 Å². The van der Waals surface area contributed by atoms with Gasteiger partial charge in [0.2, 0.25) is 5.91 Å².